The van der Waals surface area contributed by atoms with Crippen LogP contribution in [0, 0.1) is 17.8 Å². The minimum Gasteiger partial charge on any atom is -0.455 e. The normalized spacial score (nSPS) is 32.7. The molecule has 4 atom stereocenters. The lowest BCUT2D eigenvalue weighted by atomic mass is 9.77. The Morgan fingerprint density at radius 3 is 2.58 bits per heavy atom. The van der Waals surface area contributed by atoms with Crippen molar-refractivity contribution in [2.24, 2.45) is 17.8 Å². The number of hydrogen-bond donors (Lipinski definition) is 1. The Kier molecular flexibility index (Phi) is 6.20. The molecule has 0 aromatic heterocycles. The highest BCUT2D eigenvalue weighted by Gasteiger charge is 2.42. The van der Waals surface area contributed by atoms with Gasteiger partial charge in [0, 0.05) is 25.0 Å². The first kappa shape index (κ1) is 19.2. The minimum atomic E-state index is -0.439. The summed E-state index contributed by atoms with van der Waals surface area (Å²) in [6, 6.07) is 0.453. The van der Waals surface area contributed by atoms with Gasteiger partial charge in [-0.25, -0.2) is 0 Å². The first-order valence-corrected chi connectivity index (χ1v) is 10.2. The third-order valence-electron chi connectivity index (χ3n) is 6.62. The smallest absolute Gasteiger partial charge is 0.311 e. The van der Waals surface area contributed by atoms with Crippen LogP contribution in [0.5, 0.6) is 0 Å². The molecule has 1 heterocycles. The van der Waals surface area contributed by atoms with Crippen LogP contribution in [-0.4, -0.2) is 47.9 Å². The number of amides is 2. The molecule has 3 rings (SSSR count). The summed E-state index contributed by atoms with van der Waals surface area (Å²) in [6.07, 6.45) is 7.86. The molecular formula is C20H32N2O4. The fourth-order valence-corrected chi connectivity index (χ4v) is 4.80. The van der Waals surface area contributed by atoms with Crippen LogP contribution in [0.25, 0.3) is 0 Å². The lowest BCUT2D eigenvalue weighted by molar-refractivity contribution is -0.152. The van der Waals surface area contributed by atoms with Crippen molar-refractivity contribution >= 4 is 17.8 Å². The quantitative estimate of drug-likeness (QED) is 0.759. The second-order valence-electron chi connectivity index (χ2n) is 8.44. The van der Waals surface area contributed by atoms with Crippen LogP contribution in [0.15, 0.2) is 0 Å². The molecular weight excluding hydrogens is 332 g/mol. The number of nitrogens with zero attached hydrogens (tertiary/aromatic N) is 1. The molecule has 0 unspecified atom stereocenters. The Labute approximate surface area is 156 Å². The SMILES string of the molecule is C[C@H]1[C@H](N2C[C@H](C(=O)OCC(=O)NC3CCCC3)CC2=O)CCC[C@@H]1C. The van der Waals surface area contributed by atoms with E-state index in [0.717, 1.165) is 38.5 Å². The number of nitrogens with one attached hydrogen (secondary N) is 1. The second kappa shape index (κ2) is 8.40. The predicted molar refractivity (Wildman–Crippen MR) is 97.1 cm³/mol. The maximum Gasteiger partial charge on any atom is 0.311 e. The van der Waals surface area contributed by atoms with E-state index in [0.29, 0.717) is 18.4 Å². The Hall–Kier alpha value is -1.59. The molecule has 0 bridgehead atoms. The third-order valence-corrected chi connectivity index (χ3v) is 6.62. The second-order valence-corrected chi connectivity index (χ2v) is 8.44. The van der Waals surface area contributed by atoms with Gasteiger partial charge in [-0.2, -0.15) is 0 Å². The highest BCUT2D eigenvalue weighted by Crippen LogP contribution is 2.35. The Balaban J connectivity index is 1.46. The van der Waals surface area contributed by atoms with Crippen LogP contribution < -0.4 is 5.32 Å². The van der Waals surface area contributed by atoms with E-state index < -0.39 is 11.9 Å². The number of esters is 1. The Morgan fingerprint density at radius 2 is 1.85 bits per heavy atom. The van der Waals surface area contributed by atoms with Gasteiger partial charge in [0.25, 0.3) is 5.91 Å². The summed E-state index contributed by atoms with van der Waals surface area (Å²) in [7, 11) is 0. The number of carbonyl (C=O) groups is 3. The van der Waals surface area contributed by atoms with Gasteiger partial charge in [0.2, 0.25) is 5.91 Å². The fraction of sp³-hybridized carbons (Fsp3) is 0.850. The molecule has 146 valence electrons. The van der Waals surface area contributed by atoms with Crippen LogP contribution in [-0.2, 0) is 19.1 Å². The zero-order valence-corrected chi connectivity index (χ0v) is 16.0. The lowest BCUT2D eigenvalue weighted by Crippen LogP contribution is -2.45. The summed E-state index contributed by atoms with van der Waals surface area (Å²) in [4.78, 5) is 38.6. The maximum atomic E-state index is 12.4. The van der Waals surface area contributed by atoms with Gasteiger partial charge in [-0.3, -0.25) is 14.4 Å². The van der Waals surface area contributed by atoms with Crippen molar-refractivity contribution in [3.05, 3.63) is 0 Å². The summed E-state index contributed by atoms with van der Waals surface area (Å²) in [5.74, 6) is 0.0195. The monoisotopic (exact) mass is 364 g/mol. The minimum absolute atomic E-state index is 0.0494. The lowest BCUT2D eigenvalue weighted by Gasteiger charge is -2.39. The van der Waals surface area contributed by atoms with E-state index in [2.05, 4.69) is 19.2 Å². The van der Waals surface area contributed by atoms with Crippen molar-refractivity contribution in [1.29, 1.82) is 0 Å². The number of hydrogen-bond acceptors (Lipinski definition) is 4. The van der Waals surface area contributed by atoms with Crippen LogP contribution in [0.4, 0.5) is 0 Å². The van der Waals surface area contributed by atoms with E-state index >= 15 is 0 Å². The van der Waals surface area contributed by atoms with Gasteiger partial charge in [0.1, 0.15) is 0 Å². The zero-order valence-electron chi connectivity index (χ0n) is 16.0. The van der Waals surface area contributed by atoms with E-state index in [1.807, 2.05) is 4.90 Å². The molecule has 3 aliphatic rings. The molecule has 0 aromatic rings. The zero-order chi connectivity index (χ0) is 18.7. The molecule has 1 aliphatic heterocycles. The van der Waals surface area contributed by atoms with E-state index in [1.165, 1.54) is 6.42 Å². The number of carbonyl (C=O) groups excluding carboxylic acids is 3. The molecule has 0 aromatic carbocycles. The summed E-state index contributed by atoms with van der Waals surface area (Å²) >= 11 is 0. The average molecular weight is 364 g/mol. The van der Waals surface area contributed by atoms with Gasteiger partial charge in [0.15, 0.2) is 6.61 Å². The highest BCUT2D eigenvalue weighted by molar-refractivity contribution is 5.88. The van der Waals surface area contributed by atoms with Crippen molar-refractivity contribution in [3.63, 3.8) is 0 Å². The van der Waals surface area contributed by atoms with Crippen LogP contribution in [0.1, 0.15) is 65.2 Å². The predicted octanol–water partition coefficient (Wildman–Crippen LogP) is 2.26. The molecule has 6 heteroatoms. The van der Waals surface area contributed by atoms with Crippen molar-refractivity contribution in [3.8, 4) is 0 Å². The molecule has 2 saturated carbocycles. The average Bonchev–Trinajstić information content (AvgIpc) is 3.25. The van der Waals surface area contributed by atoms with Crippen molar-refractivity contribution in [2.75, 3.05) is 13.2 Å². The molecule has 2 amide bonds. The van der Waals surface area contributed by atoms with Gasteiger partial charge in [-0.05, 0) is 31.1 Å². The van der Waals surface area contributed by atoms with Crippen LogP contribution in [0.2, 0.25) is 0 Å². The topological polar surface area (TPSA) is 75.7 Å². The summed E-state index contributed by atoms with van der Waals surface area (Å²) in [6.45, 7) is 4.65. The van der Waals surface area contributed by atoms with Crippen LogP contribution in [0.3, 0.4) is 0 Å². The molecule has 1 N–H and O–H groups in total. The molecule has 0 spiro atoms. The first-order valence-electron chi connectivity index (χ1n) is 10.2. The Morgan fingerprint density at radius 1 is 1.12 bits per heavy atom. The molecule has 26 heavy (non-hydrogen) atoms. The summed E-state index contributed by atoms with van der Waals surface area (Å²) in [5, 5.41) is 2.91. The van der Waals surface area contributed by atoms with Crippen LogP contribution >= 0.6 is 0 Å². The largest absolute Gasteiger partial charge is 0.455 e. The third kappa shape index (κ3) is 4.38. The number of ether oxygens (including phenoxy) is 1. The van der Waals surface area contributed by atoms with E-state index in [9.17, 15) is 14.4 Å². The van der Waals surface area contributed by atoms with Crippen molar-refractivity contribution in [2.45, 2.75) is 77.3 Å². The van der Waals surface area contributed by atoms with E-state index in [-0.39, 0.29) is 36.9 Å². The van der Waals surface area contributed by atoms with Crippen molar-refractivity contribution in [1.82, 2.24) is 10.2 Å². The molecule has 0 radical (unpaired) electrons. The van der Waals surface area contributed by atoms with E-state index in [1.54, 1.807) is 0 Å². The van der Waals surface area contributed by atoms with Gasteiger partial charge in [0.05, 0.1) is 5.92 Å². The molecule has 1 saturated heterocycles. The standard InChI is InChI=1S/C20H32N2O4/c1-13-6-5-9-17(14(13)2)22-11-15(10-19(22)24)20(25)26-12-18(23)21-16-7-3-4-8-16/h13-17H,3-12H2,1-2H3,(H,21,23)/t13-,14+,15+,17+/m0/s1. The Bertz CT molecular complexity index is 544. The summed E-state index contributed by atoms with van der Waals surface area (Å²) in [5.41, 5.74) is 0. The molecule has 3 fully saturated rings. The van der Waals surface area contributed by atoms with Gasteiger partial charge in [-0.15, -0.1) is 0 Å². The fourth-order valence-electron chi connectivity index (χ4n) is 4.80. The molecule has 2 aliphatic carbocycles. The highest BCUT2D eigenvalue weighted by atomic mass is 16.5. The van der Waals surface area contributed by atoms with Gasteiger partial charge < -0.3 is 15.0 Å². The van der Waals surface area contributed by atoms with E-state index in [4.69, 9.17) is 4.74 Å². The number of rotatable bonds is 5. The van der Waals surface area contributed by atoms with Gasteiger partial charge in [-0.1, -0.05) is 39.5 Å². The van der Waals surface area contributed by atoms with Crippen molar-refractivity contribution < 1.29 is 19.1 Å². The summed E-state index contributed by atoms with van der Waals surface area (Å²) < 4.78 is 5.20. The van der Waals surface area contributed by atoms with Gasteiger partial charge >= 0.3 is 5.97 Å². The maximum absolute atomic E-state index is 12.4. The number of likely N-dealkylation sites (tertiary alicyclic amines) is 1. The first-order chi connectivity index (χ1) is 12.5. The molecule has 6 nitrogen and oxygen atoms in total.